The average molecular weight is 419 g/mol. The molecule has 1 aliphatic rings. The van der Waals surface area contributed by atoms with E-state index in [2.05, 4.69) is 0 Å². The van der Waals surface area contributed by atoms with Crippen molar-refractivity contribution in [2.45, 2.75) is 6.42 Å². The van der Waals surface area contributed by atoms with Gasteiger partial charge in [0.2, 0.25) is 15.8 Å². The topological polar surface area (TPSA) is 99.2 Å². The summed E-state index contributed by atoms with van der Waals surface area (Å²) in [6.45, 7) is -0.129. The van der Waals surface area contributed by atoms with Gasteiger partial charge in [-0.25, -0.2) is 13.2 Å². The molecule has 3 rings (SSSR count). The largest absolute Gasteiger partial charge is 0.497 e. The number of methoxy groups -OCH3 is 2. The number of sulfonamides is 1. The molecule has 0 fully saturated rings. The van der Waals surface area contributed by atoms with Gasteiger partial charge in [0.1, 0.15) is 11.5 Å². The van der Waals surface area contributed by atoms with Crippen molar-refractivity contribution in [3.63, 3.8) is 0 Å². The lowest BCUT2D eigenvalue weighted by molar-refractivity contribution is 0.0474. The molecule has 0 amide bonds. The summed E-state index contributed by atoms with van der Waals surface area (Å²) in [6.07, 6.45) is 1.65. The van der Waals surface area contributed by atoms with Gasteiger partial charge in [0.25, 0.3) is 0 Å². The van der Waals surface area contributed by atoms with E-state index in [-0.39, 0.29) is 11.1 Å². The first kappa shape index (κ1) is 20.7. The second kappa shape index (κ2) is 8.12. The van der Waals surface area contributed by atoms with E-state index in [4.69, 9.17) is 14.2 Å². The summed E-state index contributed by atoms with van der Waals surface area (Å²) in [5, 5.41) is 0. The molecule has 1 heterocycles. The van der Waals surface area contributed by atoms with Crippen LogP contribution in [0.15, 0.2) is 36.4 Å². The van der Waals surface area contributed by atoms with Crippen LogP contribution in [-0.2, 0) is 21.2 Å². The fraction of sp³-hybridized carbons (Fsp3) is 0.300. The van der Waals surface area contributed by atoms with Gasteiger partial charge in [-0.15, -0.1) is 0 Å². The monoisotopic (exact) mass is 419 g/mol. The van der Waals surface area contributed by atoms with Gasteiger partial charge >= 0.3 is 5.97 Å². The molecule has 0 aliphatic carbocycles. The number of ketones is 1. The summed E-state index contributed by atoms with van der Waals surface area (Å²) in [4.78, 5) is 24.9. The van der Waals surface area contributed by atoms with Gasteiger partial charge in [-0.2, -0.15) is 0 Å². The Labute approximate surface area is 169 Å². The van der Waals surface area contributed by atoms with E-state index >= 15 is 0 Å². The van der Waals surface area contributed by atoms with Gasteiger partial charge in [-0.05, 0) is 48.4 Å². The minimum atomic E-state index is -3.36. The zero-order valence-electron chi connectivity index (χ0n) is 16.3. The van der Waals surface area contributed by atoms with E-state index in [0.717, 1.165) is 11.8 Å². The molecule has 0 unspecified atom stereocenters. The molecule has 2 aromatic carbocycles. The third-order valence-corrected chi connectivity index (χ3v) is 5.79. The van der Waals surface area contributed by atoms with Crippen molar-refractivity contribution in [3.8, 4) is 11.5 Å². The Hall–Kier alpha value is -3.07. The van der Waals surface area contributed by atoms with Crippen LogP contribution in [0.1, 0.15) is 26.3 Å². The first-order valence-corrected chi connectivity index (χ1v) is 10.6. The Morgan fingerprint density at radius 1 is 1.07 bits per heavy atom. The van der Waals surface area contributed by atoms with Gasteiger partial charge < -0.3 is 14.2 Å². The number of nitrogens with zero attached hydrogens (tertiary/aromatic N) is 1. The third-order valence-electron chi connectivity index (χ3n) is 4.61. The second-order valence-corrected chi connectivity index (χ2v) is 8.40. The van der Waals surface area contributed by atoms with Gasteiger partial charge in [-0.3, -0.25) is 9.10 Å². The lowest BCUT2D eigenvalue weighted by Crippen LogP contribution is -2.27. The van der Waals surface area contributed by atoms with Crippen molar-refractivity contribution in [1.82, 2.24) is 0 Å². The molecule has 0 radical (unpaired) electrons. The standard InChI is InChI=1S/C20H21NO7S/c1-26-15-5-7-19(27-2)16(11-15)18(22)12-28-20(23)14-4-6-17-13(10-14)8-9-21(17)29(3,24)25/h4-7,10-11H,8-9,12H2,1-3H3. The van der Waals surface area contributed by atoms with Crippen molar-refractivity contribution < 1.29 is 32.2 Å². The number of fused-ring (bicyclic) bond motifs is 1. The lowest BCUT2D eigenvalue weighted by atomic mass is 10.1. The summed E-state index contributed by atoms with van der Waals surface area (Å²) >= 11 is 0. The van der Waals surface area contributed by atoms with Gasteiger partial charge in [-0.1, -0.05) is 0 Å². The van der Waals surface area contributed by atoms with Crippen LogP contribution in [0.3, 0.4) is 0 Å². The Morgan fingerprint density at radius 3 is 2.48 bits per heavy atom. The number of carbonyl (C=O) groups excluding carboxylic acids is 2. The van der Waals surface area contributed by atoms with Crippen molar-refractivity contribution in [2.75, 3.05) is 37.9 Å². The highest BCUT2D eigenvalue weighted by Gasteiger charge is 2.27. The number of anilines is 1. The van der Waals surface area contributed by atoms with Crippen molar-refractivity contribution >= 4 is 27.5 Å². The first-order chi connectivity index (χ1) is 13.7. The number of benzene rings is 2. The van der Waals surface area contributed by atoms with Crippen molar-refractivity contribution in [1.29, 1.82) is 0 Å². The SMILES string of the molecule is COc1ccc(OC)c(C(=O)COC(=O)c2ccc3c(c2)CCN3S(C)(=O)=O)c1. The predicted molar refractivity (Wildman–Crippen MR) is 106 cm³/mol. The maximum absolute atomic E-state index is 12.5. The minimum Gasteiger partial charge on any atom is -0.497 e. The van der Waals surface area contributed by atoms with Crippen LogP contribution in [0.25, 0.3) is 0 Å². The van der Waals surface area contributed by atoms with E-state index < -0.39 is 28.4 Å². The highest BCUT2D eigenvalue weighted by atomic mass is 32.2. The van der Waals surface area contributed by atoms with Crippen molar-refractivity contribution in [3.05, 3.63) is 53.1 Å². The molecule has 154 valence electrons. The summed E-state index contributed by atoms with van der Waals surface area (Å²) in [7, 11) is -0.443. The molecule has 1 aliphatic heterocycles. The molecule has 8 nitrogen and oxygen atoms in total. The zero-order valence-corrected chi connectivity index (χ0v) is 17.1. The minimum absolute atomic E-state index is 0.248. The number of rotatable bonds is 7. The number of hydrogen-bond acceptors (Lipinski definition) is 7. The highest BCUT2D eigenvalue weighted by molar-refractivity contribution is 7.92. The summed E-state index contributed by atoms with van der Waals surface area (Å²) in [5.41, 5.74) is 1.80. The molecule has 2 aromatic rings. The summed E-state index contributed by atoms with van der Waals surface area (Å²) in [6, 6.07) is 9.44. The van der Waals surface area contributed by atoms with E-state index in [0.29, 0.717) is 30.2 Å². The Kier molecular flexibility index (Phi) is 5.78. The molecule has 0 spiro atoms. The Morgan fingerprint density at radius 2 is 1.83 bits per heavy atom. The molecule has 0 atom stereocenters. The molecule has 0 saturated heterocycles. The van der Waals surface area contributed by atoms with Gasteiger partial charge in [0.15, 0.2) is 6.61 Å². The summed E-state index contributed by atoms with van der Waals surface area (Å²) in [5.74, 6) is -0.265. The Balaban J connectivity index is 1.71. The fourth-order valence-corrected chi connectivity index (χ4v) is 4.13. The smallest absolute Gasteiger partial charge is 0.338 e. The molecule has 0 bridgehead atoms. The molecule has 29 heavy (non-hydrogen) atoms. The lowest BCUT2D eigenvalue weighted by Gasteiger charge is -2.16. The van der Waals surface area contributed by atoms with E-state index in [9.17, 15) is 18.0 Å². The van der Waals surface area contributed by atoms with Crippen LogP contribution in [0, 0.1) is 0 Å². The fourth-order valence-electron chi connectivity index (χ4n) is 3.17. The number of Topliss-reactive ketones (excluding diaryl/α,β-unsaturated/α-hetero) is 1. The van der Waals surface area contributed by atoms with E-state index in [1.165, 1.54) is 30.7 Å². The number of ether oxygens (including phenoxy) is 3. The van der Waals surface area contributed by atoms with E-state index in [1.807, 2.05) is 0 Å². The number of hydrogen-bond donors (Lipinski definition) is 0. The van der Waals surface area contributed by atoms with Crippen LogP contribution >= 0.6 is 0 Å². The van der Waals surface area contributed by atoms with Gasteiger partial charge in [0.05, 0.1) is 37.3 Å². The first-order valence-electron chi connectivity index (χ1n) is 8.77. The summed E-state index contributed by atoms with van der Waals surface area (Å²) < 4.78 is 40.3. The third kappa shape index (κ3) is 4.34. The molecule has 0 aromatic heterocycles. The van der Waals surface area contributed by atoms with Crippen molar-refractivity contribution in [2.24, 2.45) is 0 Å². The maximum Gasteiger partial charge on any atom is 0.338 e. The van der Waals surface area contributed by atoms with Crippen LogP contribution in [-0.4, -0.2) is 53.8 Å². The quantitative estimate of drug-likeness (QED) is 0.500. The van der Waals surface area contributed by atoms with Crippen LogP contribution in [0.4, 0.5) is 5.69 Å². The van der Waals surface area contributed by atoms with Gasteiger partial charge in [0, 0.05) is 6.54 Å². The maximum atomic E-state index is 12.5. The molecular formula is C20H21NO7S. The predicted octanol–water partition coefficient (Wildman–Crippen LogP) is 2.07. The average Bonchev–Trinajstić information content (AvgIpc) is 3.14. The zero-order chi connectivity index (χ0) is 21.2. The molecular weight excluding hydrogens is 398 g/mol. The normalized spacial score (nSPS) is 13.0. The highest BCUT2D eigenvalue weighted by Crippen LogP contribution is 2.31. The number of carbonyl (C=O) groups is 2. The van der Waals surface area contributed by atoms with Crippen LogP contribution in [0.5, 0.6) is 11.5 Å². The van der Waals surface area contributed by atoms with E-state index in [1.54, 1.807) is 24.3 Å². The number of esters is 1. The Bertz CT molecular complexity index is 1060. The molecule has 0 N–H and O–H groups in total. The van der Waals surface area contributed by atoms with Crippen LogP contribution < -0.4 is 13.8 Å². The molecule has 0 saturated carbocycles. The second-order valence-electron chi connectivity index (χ2n) is 6.49. The molecule has 9 heteroatoms. The van der Waals surface area contributed by atoms with Crippen LogP contribution in [0.2, 0.25) is 0 Å².